The first-order chi connectivity index (χ1) is 5.55. The Kier molecular flexibility index (Phi) is 2.70. The first kappa shape index (κ1) is 9.88. The lowest BCUT2D eigenvalue weighted by molar-refractivity contribution is -0.231. The molecule has 5 heteroatoms. The molecule has 5 nitrogen and oxygen atoms in total. The zero-order valence-corrected chi connectivity index (χ0v) is 6.84. The van der Waals surface area contributed by atoms with Crippen molar-refractivity contribution in [2.24, 2.45) is 0 Å². The zero-order chi connectivity index (χ0) is 9.35. The molecule has 4 atom stereocenters. The van der Waals surface area contributed by atoms with Crippen LogP contribution in [0.4, 0.5) is 0 Å². The molecule has 0 aromatic heterocycles. The fourth-order valence-corrected chi connectivity index (χ4v) is 1.31. The fraction of sp³-hybridized carbons (Fsp3) is 1.00. The van der Waals surface area contributed by atoms with Gasteiger partial charge in [-0.25, -0.2) is 0 Å². The summed E-state index contributed by atoms with van der Waals surface area (Å²) in [5.41, 5.74) is 0. The lowest BCUT2D eigenvalue weighted by Gasteiger charge is -2.23. The standard InChI is InChI=1S/C7H14O5/c1-2-7(11)6(10)5(9)4(3-8)12-7/h4-6,8-11H,2-3H2,1H3/t4-,5-,6+,7-/m1/s1. The van der Waals surface area contributed by atoms with Crippen LogP contribution in [0.1, 0.15) is 13.3 Å². The van der Waals surface area contributed by atoms with Crippen molar-refractivity contribution in [2.75, 3.05) is 6.61 Å². The summed E-state index contributed by atoms with van der Waals surface area (Å²) in [7, 11) is 0. The lowest BCUT2D eigenvalue weighted by atomic mass is 10.0. The topological polar surface area (TPSA) is 90.2 Å². The molecule has 0 bridgehead atoms. The molecule has 0 aliphatic carbocycles. The predicted octanol–water partition coefficient (Wildman–Crippen LogP) is -1.80. The minimum absolute atomic E-state index is 0.168. The third-order valence-corrected chi connectivity index (χ3v) is 2.21. The maximum Gasteiger partial charge on any atom is 0.194 e. The van der Waals surface area contributed by atoms with Crippen molar-refractivity contribution < 1.29 is 25.2 Å². The van der Waals surface area contributed by atoms with Crippen LogP contribution in [-0.4, -0.2) is 51.1 Å². The van der Waals surface area contributed by atoms with Crippen molar-refractivity contribution in [1.82, 2.24) is 0 Å². The van der Waals surface area contributed by atoms with E-state index in [0.717, 1.165) is 0 Å². The van der Waals surface area contributed by atoms with Crippen molar-refractivity contribution in [1.29, 1.82) is 0 Å². The maximum absolute atomic E-state index is 9.50. The molecule has 1 aliphatic rings. The van der Waals surface area contributed by atoms with Crippen molar-refractivity contribution >= 4 is 0 Å². The maximum atomic E-state index is 9.50. The third kappa shape index (κ3) is 1.34. The number of hydrogen-bond acceptors (Lipinski definition) is 5. The number of rotatable bonds is 2. The van der Waals surface area contributed by atoms with Crippen molar-refractivity contribution in [3.63, 3.8) is 0 Å². The molecule has 1 aliphatic heterocycles. The van der Waals surface area contributed by atoms with Crippen LogP contribution >= 0.6 is 0 Å². The quantitative estimate of drug-likeness (QED) is 0.400. The molecule has 0 unspecified atom stereocenters. The Morgan fingerprint density at radius 2 is 2.00 bits per heavy atom. The molecule has 0 radical (unpaired) electrons. The summed E-state index contributed by atoms with van der Waals surface area (Å²) in [5.74, 6) is -1.72. The van der Waals surface area contributed by atoms with E-state index in [-0.39, 0.29) is 6.42 Å². The number of hydrogen-bond donors (Lipinski definition) is 4. The van der Waals surface area contributed by atoms with Crippen LogP contribution in [0.25, 0.3) is 0 Å². The van der Waals surface area contributed by atoms with E-state index in [1.54, 1.807) is 6.92 Å². The molecule has 72 valence electrons. The first-order valence-corrected chi connectivity index (χ1v) is 3.92. The van der Waals surface area contributed by atoms with Crippen molar-refractivity contribution in [2.45, 2.75) is 37.4 Å². The molecule has 0 aromatic carbocycles. The highest BCUT2D eigenvalue weighted by Crippen LogP contribution is 2.31. The minimum Gasteiger partial charge on any atom is -0.394 e. The number of aliphatic hydroxyl groups is 4. The van der Waals surface area contributed by atoms with Gasteiger partial charge in [0.15, 0.2) is 5.79 Å². The van der Waals surface area contributed by atoms with E-state index in [1.807, 2.05) is 0 Å². The van der Waals surface area contributed by atoms with Gasteiger partial charge in [0, 0.05) is 6.42 Å². The molecule has 1 saturated heterocycles. The highest BCUT2D eigenvalue weighted by molar-refractivity contribution is 4.94. The third-order valence-electron chi connectivity index (χ3n) is 2.21. The van der Waals surface area contributed by atoms with E-state index < -0.39 is 30.7 Å². The molecule has 0 amide bonds. The Bertz CT molecular complexity index is 162. The lowest BCUT2D eigenvalue weighted by Crippen LogP contribution is -2.42. The fourth-order valence-electron chi connectivity index (χ4n) is 1.31. The largest absolute Gasteiger partial charge is 0.394 e. The normalized spacial score (nSPS) is 48.2. The number of ether oxygens (including phenoxy) is 1. The van der Waals surface area contributed by atoms with Gasteiger partial charge in [-0.2, -0.15) is 0 Å². The van der Waals surface area contributed by atoms with Crippen LogP contribution < -0.4 is 0 Å². The van der Waals surface area contributed by atoms with E-state index in [1.165, 1.54) is 0 Å². The summed E-state index contributed by atoms with van der Waals surface area (Å²) in [6.07, 6.45) is -3.30. The van der Waals surface area contributed by atoms with Gasteiger partial charge in [-0.3, -0.25) is 0 Å². The molecule has 0 saturated carbocycles. The Morgan fingerprint density at radius 1 is 1.42 bits per heavy atom. The molecular formula is C7H14O5. The first-order valence-electron chi connectivity index (χ1n) is 3.92. The Hall–Kier alpha value is -0.200. The predicted molar refractivity (Wildman–Crippen MR) is 39.2 cm³/mol. The second-order valence-corrected chi connectivity index (χ2v) is 2.97. The van der Waals surface area contributed by atoms with Crippen LogP contribution in [-0.2, 0) is 4.74 Å². The van der Waals surface area contributed by atoms with E-state index in [0.29, 0.717) is 0 Å². The van der Waals surface area contributed by atoms with Crippen LogP contribution in [0.2, 0.25) is 0 Å². The second-order valence-electron chi connectivity index (χ2n) is 2.97. The van der Waals surface area contributed by atoms with Gasteiger partial charge in [0.2, 0.25) is 0 Å². The average molecular weight is 178 g/mol. The van der Waals surface area contributed by atoms with Crippen LogP contribution in [0.5, 0.6) is 0 Å². The minimum atomic E-state index is -1.72. The van der Waals surface area contributed by atoms with Crippen molar-refractivity contribution in [3.8, 4) is 0 Å². The van der Waals surface area contributed by atoms with Gasteiger partial charge in [0.1, 0.15) is 18.3 Å². The summed E-state index contributed by atoms with van der Waals surface area (Å²) >= 11 is 0. The Labute approximate surface area is 70.2 Å². The smallest absolute Gasteiger partial charge is 0.194 e. The average Bonchev–Trinajstić information content (AvgIpc) is 2.31. The monoisotopic (exact) mass is 178 g/mol. The summed E-state index contributed by atoms with van der Waals surface area (Å²) in [5, 5.41) is 36.7. The zero-order valence-electron chi connectivity index (χ0n) is 6.84. The summed E-state index contributed by atoms with van der Waals surface area (Å²) in [6, 6.07) is 0. The van der Waals surface area contributed by atoms with Gasteiger partial charge in [-0.05, 0) is 0 Å². The summed E-state index contributed by atoms with van der Waals surface area (Å²) in [6.45, 7) is 1.20. The van der Waals surface area contributed by atoms with Gasteiger partial charge in [0.25, 0.3) is 0 Å². The van der Waals surface area contributed by atoms with Gasteiger partial charge < -0.3 is 25.2 Å². The molecule has 4 N–H and O–H groups in total. The summed E-state index contributed by atoms with van der Waals surface area (Å²) in [4.78, 5) is 0. The van der Waals surface area contributed by atoms with E-state index in [9.17, 15) is 15.3 Å². The van der Waals surface area contributed by atoms with E-state index in [4.69, 9.17) is 9.84 Å². The molecule has 1 heterocycles. The van der Waals surface area contributed by atoms with Gasteiger partial charge in [-0.1, -0.05) is 6.92 Å². The SMILES string of the molecule is CC[C@@]1(O)O[C@H](CO)[C@@H](O)[C@@H]1O. The van der Waals surface area contributed by atoms with E-state index >= 15 is 0 Å². The molecule has 1 rings (SSSR count). The molecule has 0 aromatic rings. The van der Waals surface area contributed by atoms with Gasteiger partial charge in [-0.15, -0.1) is 0 Å². The second kappa shape index (κ2) is 3.27. The molecule has 12 heavy (non-hydrogen) atoms. The van der Waals surface area contributed by atoms with E-state index in [2.05, 4.69) is 0 Å². The summed E-state index contributed by atoms with van der Waals surface area (Å²) < 4.78 is 4.88. The Morgan fingerprint density at radius 3 is 2.25 bits per heavy atom. The van der Waals surface area contributed by atoms with Gasteiger partial charge >= 0.3 is 0 Å². The van der Waals surface area contributed by atoms with Gasteiger partial charge in [0.05, 0.1) is 6.61 Å². The van der Waals surface area contributed by atoms with Crippen LogP contribution in [0.3, 0.4) is 0 Å². The Balaban J connectivity index is 2.72. The van der Waals surface area contributed by atoms with Crippen LogP contribution in [0.15, 0.2) is 0 Å². The number of aliphatic hydroxyl groups excluding tert-OH is 3. The highest BCUT2D eigenvalue weighted by atomic mass is 16.7. The van der Waals surface area contributed by atoms with Crippen LogP contribution in [0, 0.1) is 0 Å². The molecular weight excluding hydrogens is 164 g/mol. The molecule has 0 spiro atoms. The molecule has 1 fully saturated rings. The van der Waals surface area contributed by atoms with Crippen molar-refractivity contribution in [3.05, 3.63) is 0 Å². The highest BCUT2D eigenvalue weighted by Gasteiger charge is 2.51.